The summed E-state index contributed by atoms with van der Waals surface area (Å²) in [5.74, 6) is 0.159. The number of hydrogen-bond acceptors (Lipinski definition) is 3. The van der Waals surface area contributed by atoms with E-state index in [1.165, 1.54) is 12.0 Å². The molecular weight excluding hydrogens is 288 g/mol. The standard InChI is InChI=1S/C19H28N2O2/c22-18(15-19(23)10-2-1-3-11-19)21-14-4-5-17(21)7-6-16-8-12-20-13-9-16/h8-9,12-13,17,23H,1-7,10-11,14-15H2/t17-/m1/s1. The predicted molar refractivity (Wildman–Crippen MR) is 89.9 cm³/mol. The van der Waals surface area contributed by atoms with E-state index in [1.54, 1.807) is 0 Å². The summed E-state index contributed by atoms with van der Waals surface area (Å²) in [5, 5.41) is 10.6. The van der Waals surface area contributed by atoms with E-state index in [4.69, 9.17) is 0 Å². The van der Waals surface area contributed by atoms with Gasteiger partial charge in [-0.05, 0) is 56.2 Å². The smallest absolute Gasteiger partial charge is 0.225 e. The van der Waals surface area contributed by atoms with E-state index in [-0.39, 0.29) is 5.91 Å². The fourth-order valence-corrected chi connectivity index (χ4v) is 4.12. The molecule has 1 aliphatic heterocycles. The highest BCUT2D eigenvalue weighted by Gasteiger charge is 2.36. The monoisotopic (exact) mass is 316 g/mol. The Balaban J connectivity index is 1.54. The van der Waals surface area contributed by atoms with Gasteiger partial charge in [-0.2, -0.15) is 0 Å². The fraction of sp³-hybridized carbons (Fsp3) is 0.684. The number of nitrogens with zero attached hydrogens (tertiary/aromatic N) is 2. The van der Waals surface area contributed by atoms with Gasteiger partial charge in [0.2, 0.25) is 5.91 Å². The minimum absolute atomic E-state index is 0.159. The Morgan fingerprint density at radius 1 is 1.22 bits per heavy atom. The van der Waals surface area contributed by atoms with E-state index in [0.29, 0.717) is 12.5 Å². The van der Waals surface area contributed by atoms with Crippen LogP contribution in [0.15, 0.2) is 24.5 Å². The number of aromatic nitrogens is 1. The van der Waals surface area contributed by atoms with E-state index in [2.05, 4.69) is 4.98 Å². The van der Waals surface area contributed by atoms with Crippen LogP contribution in [0.2, 0.25) is 0 Å². The van der Waals surface area contributed by atoms with Crippen LogP contribution in [0.25, 0.3) is 0 Å². The SMILES string of the molecule is O=C(CC1(O)CCCCC1)N1CCC[C@@H]1CCc1ccncc1. The number of carbonyl (C=O) groups is 1. The first-order valence-corrected chi connectivity index (χ1v) is 9.07. The Hall–Kier alpha value is -1.42. The van der Waals surface area contributed by atoms with Gasteiger partial charge in [-0.3, -0.25) is 9.78 Å². The lowest BCUT2D eigenvalue weighted by atomic mass is 9.82. The lowest BCUT2D eigenvalue weighted by Crippen LogP contribution is -2.42. The third-order valence-corrected chi connectivity index (χ3v) is 5.48. The van der Waals surface area contributed by atoms with Crippen LogP contribution in [0.5, 0.6) is 0 Å². The lowest BCUT2D eigenvalue weighted by Gasteiger charge is -2.34. The topological polar surface area (TPSA) is 53.4 Å². The van der Waals surface area contributed by atoms with Gasteiger partial charge < -0.3 is 10.0 Å². The number of likely N-dealkylation sites (tertiary alicyclic amines) is 1. The average molecular weight is 316 g/mol. The highest BCUT2D eigenvalue weighted by Crippen LogP contribution is 2.33. The van der Waals surface area contributed by atoms with E-state index < -0.39 is 5.60 Å². The van der Waals surface area contributed by atoms with Crippen LogP contribution in [-0.4, -0.2) is 39.1 Å². The number of aliphatic hydroxyl groups is 1. The summed E-state index contributed by atoms with van der Waals surface area (Å²) in [6, 6.07) is 4.43. The Morgan fingerprint density at radius 2 is 1.96 bits per heavy atom. The van der Waals surface area contributed by atoms with Gasteiger partial charge in [0.05, 0.1) is 12.0 Å². The van der Waals surface area contributed by atoms with Crippen molar-refractivity contribution in [2.75, 3.05) is 6.54 Å². The molecule has 0 unspecified atom stereocenters. The first-order chi connectivity index (χ1) is 11.2. The van der Waals surface area contributed by atoms with Crippen molar-refractivity contribution in [3.63, 3.8) is 0 Å². The second-order valence-electron chi connectivity index (χ2n) is 7.24. The minimum atomic E-state index is -0.742. The summed E-state index contributed by atoms with van der Waals surface area (Å²) in [7, 11) is 0. The summed E-state index contributed by atoms with van der Waals surface area (Å²) in [5.41, 5.74) is 0.540. The number of rotatable bonds is 5. The molecule has 0 radical (unpaired) electrons. The molecule has 1 saturated carbocycles. The van der Waals surface area contributed by atoms with Crippen molar-refractivity contribution in [2.24, 2.45) is 0 Å². The van der Waals surface area contributed by atoms with Crippen LogP contribution in [0.3, 0.4) is 0 Å². The molecule has 1 amide bonds. The zero-order valence-electron chi connectivity index (χ0n) is 13.9. The van der Waals surface area contributed by atoms with Gasteiger partial charge in [0.1, 0.15) is 0 Å². The summed E-state index contributed by atoms with van der Waals surface area (Å²) in [6.07, 6.45) is 13.0. The van der Waals surface area contributed by atoms with Crippen molar-refractivity contribution in [1.82, 2.24) is 9.88 Å². The first-order valence-electron chi connectivity index (χ1n) is 9.07. The third kappa shape index (κ3) is 4.31. The van der Waals surface area contributed by atoms with Crippen LogP contribution < -0.4 is 0 Å². The van der Waals surface area contributed by atoms with Crippen LogP contribution in [-0.2, 0) is 11.2 Å². The molecule has 0 aromatic carbocycles. The van der Waals surface area contributed by atoms with Crippen LogP contribution in [0.4, 0.5) is 0 Å². The molecule has 0 spiro atoms. The predicted octanol–water partition coefficient (Wildman–Crippen LogP) is 3.09. The van der Waals surface area contributed by atoms with Gasteiger partial charge in [-0.25, -0.2) is 0 Å². The van der Waals surface area contributed by atoms with Crippen molar-refractivity contribution in [1.29, 1.82) is 0 Å². The summed E-state index contributed by atoms with van der Waals surface area (Å²) in [4.78, 5) is 18.8. The van der Waals surface area contributed by atoms with Gasteiger partial charge in [0, 0.05) is 25.0 Å². The summed E-state index contributed by atoms with van der Waals surface area (Å²) >= 11 is 0. The van der Waals surface area contributed by atoms with Gasteiger partial charge in [0.15, 0.2) is 0 Å². The number of hydrogen-bond donors (Lipinski definition) is 1. The maximum absolute atomic E-state index is 12.7. The molecule has 1 saturated heterocycles. The number of aryl methyl sites for hydroxylation is 1. The molecule has 126 valence electrons. The molecule has 1 aliphatic carbocycles. The molecule has 3 rings (SSSR count). The molecule has 2 fully saturated rings. The first kappa shape index (κ1) is 16.4. The zero-order valence-corrected chi connectivity index (χ0v) is 13.9. The zero-order chi connectivity index (χ0) is 16.1. The molecule has 0 bridgehead atoms. The number of carbonyl (C=O) groups excluding carboxylic acids is 1. The summed E-state index contributed by atoms with van der Waals surface area (Å²) in [6.45, 7) is 0.857. The van der Waals surface area contributed by atoms with Gasteiger partial charge in [0.25, 0.3) is 0 Å². The van der Waals surface area contributed by atoms with Crippen molar-refractivity contribution < 1.29 is 9.90 Å². The molecule has 23 heavy (non-hydrogen) atoms. The van der Waals surface area contributed by atoms with Crippen LogP contribution in [0.1, 0.15) is 63.4 Å². The largest absolute Gasteiger partial charge is 0.389 e. The normalized spacial score (nSPS) is 23.9. The van der Waals surface area contributed by atoms with Crippen molar-refractivity contribution in [3.05, 3.63) is 30.1 Å². The fourth-order valence-electron chi connectivity index (χ4n) is 4.12. The maximum Gasteiger partial charge on any atom is 0.225 e. The third-order valence-electron chi connectivity index (χ3n) is 5.48. The molecule has 1 aromatic rings. The Bertz CT molecular complexity index is 511. The lowest BCUT2D eigenvalue weighted by molar-refractivity contribution is -0.138. The molecular formula is C19H28N2O2. The molecule has 1 N–H and O–H groups in total. The molecule has 4 heteroatoms. The maximum atomic E-state index is 12.7. The van der Waals surface area contributed by atoms with Crippen molar-refractivity contribution >= 4 is 5.91 Å². The number of pyridine rings is 1. The van der Waals surface area contributed by atoms with E-state index >= 15 is 0 Å². The van der Waals surface area contributed by atoms with E-state index in [0.717, 1.165) is 57.9 Å². The average Bonchev–Trinajstić information content (AvgIpc) is 3.03. The van der Waals surface area contributed by atoms with Crippen LogP contribution >= 0.6 is 0 Å². The van der Waals surface area contributed by atoms with Gasteiger partial charge in [-0.15, -0.1) is 0 Å². The quantitative estimate of drug-likeness (QED) is 0.908. The Kier molecular flexibility index (Phi) is 5.31. The van der Waals surface area contributed by atoms with Crippen molar-refractivity contribution in [2.45, 2.75) is 75.9 Å². The minimum Gasteiger partial charge on any atom is -0.389 e. The van der Waals surface area contributed by atoms with Gasteiger partial charge in [-0.1, -0.05) is 19.3 Å². The molecule has 2 heterocycles. The molecule has 1 atom stereocenters. The van der Waals surface area contributed by atoms with Gasteiger partial charge >= 0.3 is 0 Å². The number of amides is 1. The molecule has 4 nitrogen and oxygen atoms in total. The second kappa shape index (κ2) is 7.43. The highest BCUT2D eigenvalue weighted by atomic mass is 16.3. The Labute approximate surface area is 138 Å². The second-order valence-corrected chi connectivity index (χ2v) is 7.24. The Morgan fingerprint density at radius 3 is 2.70 bits per heavy atom. The van der Waals surface area contributed by atoms with Crippen LogP contribution in [0, 0.1) is 0 Å². The van der Waals surface area contributed by atoms with E-state index in [1.807, 2.05) is 29.4 Å². The summed E-state index contributed by atoms with van der Waals surface area (Å²) < 4.78 is 0. The van der Waals surface area contributed by atoms with E-state index in [9.17, 15) is 9.90 Å². The van der Waals surface area contributed by atoms with Crippen molar-refractivity contribution in [3.8, 4) is 0 Å². The molecule has 1 aromatic heterocycles. The highest BCUT2D eigenvalue weighted by molar-refractivity contribution is 5.78. The molecule has 2 aliphatic rings.